The van der Waals surface area contributed by atoms with Crippen LogP contribution in [0.4, 0.5) is 10.9 Å². The van der Waals surface area contributed by atoms with Crippen molar-refractivity contribution in [2.45, 2.75) is 13.3 Å². The number of hydrogen-bond acceptors (Lipinski definition) is 5. The number of amides is 1. The summed E-state index contributed by atoms with van der Waals surface area (Å²) in [4.78, 5) is 20.7. The number of aromatic nitrogens is 2. The minimum Gasteiger partial charge on any atom is -0.352 e. The molecule has 3 rings (SSSR count). The van der Waals surface area contributed by atoms with Gasteiger partial charge in [0.25, 0.3) is 5.91 Å². The molecule has 0 aliphatic heterocycles. The number of fused-ring (bicyclic) bond motifs is 1. The lowest BCUT2D eigenvalue weighted by Crippen LogP contribution is -2.23. The molecule has 1 aromatic carbocycles. The number of carbonyl (C=O) groups excluding carboxylic acids is 1. The molecule has 6 heteroatoms. The van der Waals surface area contributed by atoms with Crippen molar-refractivity contribution >= 4 is 38.4 Å². The maximum atomic E-state index is 12.0. The van der Waals surface area contributed by atoms with Gasteiger partial charge in [0, 0.05) is 18.3 Å². The van der Waals surface area contributed by atoms with Gasteiger partial charge in [-0.15, -0.1) is 0 Å². The molecule has 5 nitrogen and oxygen atoms in total. The molecule has 22 heavy (non-hydrogen) atoms. The summed E-state index contributed by atoms with van der Waals surface area (Å²) in [5.74, 6) is 0.707. The third-order valence-corrected chi connectivity index (χ3v) is 4.02. The van der Waals surface area contributed by atoms with Crippen molar-refractivity contribution in [1.29, 1.82) is 0 Å². The topological polar surface area (TPSA) is 66.9 Å². The number of anilines is 2. The maximum absolute atomic E-state index is 12.0. The van der Waals surface area contributed by atoms with Crippen LogP contribution in [-0.4, -0.2) is 22.4 Å². The molecule has 112 valence electrons. The number of benzene rings is 1. The van der Waals surface area contributed by atoms with Crippen LogP contribution in [0.2, 0.25) is 0 Å². The molecule has 2 aromatic heterocycles. The average molecular weight is 312 g/mol. The molecule has 0 spiro atoms. The van der Waals surface area contributed by atoms with Gasteiger partial charge in [0.05, 0.1) is 10.2 Å². The first-order valence-corrected chi connectivity index (χ1v) is 7.95. The molecule has 2 N–H and O–H groups in total. The van der Waals surface area contributed by atoms with E-state index in [1.54, 1.807) is 12.3 Å². The summed E-state index contributed by atoms with van der Waals surface area (Å²) in [6.07, 6.45) is 2.65. The number of thiazole rings is 1. The van der Waals surface area contributed by atoms with Crippen molar-refractivity contribution < 1.29 is 4.79 Å². The van der Waals surface area contributed by atoms with Crippen molar-refractivity contribution in [2.24, 2.45) is 0 Å². The molecule has 3 aromatic rings. The molecule has 0 aliphatic rings. The fourth-order valence-electron chi connectivity index (χ4n) is 2.01. The van der Waals surface area contributed by atoms with Crippen LogP contribution in [0.5, 0.6) is 0 Å². The number of carbonyl (C=O) groups is 1. The van der Waals surface area contributed by atoms with E-state index < -0.39 is 0 Å². The van der Waals surface area contributed by atoms with Gasteiger partial charge >= 0.3 is 0 Å². The van der Waals surface area contributed by atoms with E-state index in [1.807, 2.05) is 37.3 Å². The Morgan fingerprint density at radius 2 is 2.18 bits per heavy atom. The van der Waals surface area contributed by atoms with Crippen LogP contribution >= 0.6 is 11.3 Å². The Balaban J connectivity index is 1.82. The van der Waals surface area contributed by atoms with Gasteiger partial charge in [-0.05, 0) is 36.8 Å². The quantitative estimate of drug-likeness (QED) is 0.756. The van der Waals surface area contributed by atoms with Crippen molar-refractivity contribution in [2.75, 3.05) is 11.9 Å². The summed E-state index contributed by atoms with van der Waals surface area (Å²) in [5, 5.41) is 6.82. The number of pyridine rings is 1. The van der Waals surface area contributed by atoms with Gasteiger partial charge in [0.15, 0.2) is 5.13 Å². The molecule has 0 radical (unpaired) electrons. The second-order valence-electron chi connectivity index (χ2n) is 4.80. The molecule has 0 aliphatic carbocycles. The first-order chi connectivity index (χ1) is 10.8. The minimum atomic E-state index is -0.0450. The van der Waals surface area contributed by atoms with Gasteiger partial charge in [0.2, 0.25) is 0 Å². The number of rotatable bonds is 5. The molecular weight excluding hydrogens is 296 g/mol. The van der Waals surface area contributed by atoms with Crippen molar-refractivity contribution in [1.82, 2.24) is 15.3 Å². The number of nitrogens with one attached hydrogen (secondary N) is 2. The lowest BCUT2D eigenvalue weighted by atomic mass is 10.2. The van der Waals surface area contributed by atoms with Gasteiger partial charge in [-0.2, -0.15) is 0 Å². The van der Waals surface area contributed by atoms with E-state index in [4.69, 9.17) is 0 Å². The highest BCUT2D eigenvalue weighted by Crippen LogP contribution is 2.28. The van der Waals surface area contributed by atoms with E-state index in [0.717, 1.165) is 27.6 Å². The number of nitrogens with zero attached hydrogens (tertiary/aromatic N) is 2. The monoisotopic (exact) mass is 312 g/mol. The Morgan fingerprint density at radius 3 is 2.95 bits per heavy atom. The van der Waals surface area contributed by atoms with E-state index in [9.17, 15) is 4.79 Å². The van der Waals surface area contributed by atoms with Crippen molar-refractivity contribution in [3.8, 4) is 0 Å². The second kappa shape index (κ2) is 6.53. The summed E-state index contributed by atoms with van der Waals surface area (Å²) in [6, 6.07) is 11.2. The lowest BCUT2D eigenvalue weighted by molar-refractivity contribution is 0.0954. The first kappa shape index (κ1) is 14.5. The zero-order chi connectivity index (χ0) is 15.4. The Morgan fingerprint density at radius 1 is 1.27 bits per heavy atom. The standard InChI is InChI=1S/C16H16N4OS/c1-2-8-18-15(21)11-6-7-12-13(10-11)22-16(19-12)20-14-5-3-4-9-17-14/h3-7,9-10H,2,8H2,1H3,(H,18,21)(H,17,19,20). The van der Waals surface area contributed by atoms with Crippen LogP contribution < -0.4 is 10.6 Å². The molecule has 0 atom stereocenters. The zero-order valence-corrected chi connectivity index (χ0v) is 13.0. The highest BCUT2D eigenvalue weighted by Gasteiger charge is 2.09. The van der Waals surface area contributed by atoms with Gasteiger partial charge in [-0.1, -0.05) is 24.3 Å². The normalized spacial score (nSPS) is 10.6. The molecule has 2 heterocycles. The minimum absolute atomic E-state index is 0.0450. The molecule has 0 fully saturated rings. The van der Waals surface area contributed by atoms with E-state index in [2.05, 4.69) is 20.6 Å². The summed E-state index contributed by atoms with van der Waals surface area (Å²) in [5.41, 5.74) is 1.53. The van der Waals surface area contributed by atoms with Crippen LogP contribution in [0.25, 0.3) is 10.2 Å². The molecule has 0 unspecified atom stereocenters. The Kier molecular flexibility index (Phi) is 4.29. The third kappa shape index (κ3) is 3.23. The fraction of sp³-hybridized carbons (Fsp3) is 0.188. The first-order valence-electron chi connectivity index (χ1n) is 7.13. The summed E-state index contributed by atoms with van der Waals surface area (Å²) in [7, 11) is 0. The third-order valence-electron chi connectivity index (χ3n) is 3.09. The average Bonchev–Trinajstić information content (AvgIpc) is 2.94. The van der Waals surface area contributed by atoms with E-state index in [-0.39, 0.29) is 5.91 Å². The van der Waals surface area contributed by atoms with E-state index >= 15 is 0 Å². The Labute approximate surface area is 132 Å². The van der Waals surface area contributed by atoms with Gasteiger partial charge in [0.1, 0.15) is 5.82 Å². The highest BCUT2D eigenvalue weighted by molar-refractivity contribution is 7.22. The van der Waals surface area contributed by atoms with Crippen molar-refractivity contribution in [3.63, 3.8) is 0 Å². The predicted molar refractivity (Wildman–Crippen MR) is 89.8 cm³/mol. The molecule has 0 saturated carbocycles. The summed E-state index contributed by atoms with van der Waals surface area (Å²) >= 11 is 1.51. The molecule has 1 amide bonds. The van der Waals surface area contributed by atoms with Crippen LogP contribution in [0, 0.1) is 0 Å². The predicted octanol–water partition coefficient (Wildman–Crippen LogP) is 3.57. The summed E-state index contributed by atoms with van der Waals surface area (Å²) < 4.78 is 0.975. The van der Waals surface area contributed by atoms with Gasteiger partial charge in [-0.3, -0.25) is 4.79 Å². The number of hydrogen-bond donors (Lipinski definition) is 2. The highest BCUT2D eigenvalue weighted by atomic mass is 32.1. The maximum Gasteiger partial charge on any atom is 0.251 e. The smallest absolute Gasteiger partial charge is 0.251 e. The molecular formula is C16H16N4OS. The molecule has 0 saturated heterocycles. The van der Waals surface area contributed by atoms with Crippen molar-refractivity contribution in [3.05, 3.63) is 48.2 Å². The van der Waals surface area contributed by atoms with E-state index in [0.29, 0.717) is 12.1 Å². The zero-order valence-electron chi connectivity index (χ0n) is 12.2. The Hall–Kier alpha value is -2.47. The van der Waals surface area contributed by atoms with Crippen LogP contribution in [0.1, 0.15) is 23.7 Å². The second-order valence-corrected chi connectivity index (χ2v) is 5.83. The van der Waals surface area contributed by atoms with Gasteiger partial charge < -0.3 is 10.6 Å². The largest absolute Gasteiger partial charge is 0.352 e. The van der Waals surface area contributed by atoms with Crippen LogP contribution in [0.3, 0.4) is 0 Å². The fourth-order valence-corrected chi connectivity index (χ4v) is 2.92. The Bertz CT molecular complexity index is 785. The van der Waals surface area contributed by atoms with Crippen LogP contribution in [-0.2, 0) is 0 Å². The van der Waals surface area contributed by atoms with Crippen LogP contribution in [0.15, 0.2) is 42.6 Å². The summed E-state index contributed by atoms with van der Waals surface area (Å²) in [6.45, 7) is 2.72. The lowest BCUT2D eigenvalue weighted by Gasteiger charge is -2.02. The molecule has 0 bridgehead atoms. The van der Waals surface area contributed by atoms with E-state index in [1.165, 1.54) is 11.3 Å². The van der Waals surface area contributed by atoms with Gasteiger partial charge in [-0.25, -0.2) is 9.97 Å². The SMILES string of the molecule is CCCNC(=O)c1ccc2nc(Nc3ccccn3)sc2c1.